The standard InChI is InChI=1S/C23H26N4O2/c1-3-6-15-9-11-16(12-10-15)25-22(28)14(2)24-23(29)18-13-17(18)21-26-19-7-4-5-8-20(19)27-21/h4-5,7-12,14,17-18H,3,6,13H2,1-2H3,(H,24,29)(H,25,28)(H,26,27)/t14-,17+,18+/m1/s1. The first kappa shape index (κ1) is 19.2. The summed E-state index contributed by atoms with van der Waals surface area (Å²) in [4.78, 5) is 32.9. The van der Waals surface area contributed by atoms with Crippen molar-refractivity contribution in [3.63, 3.8) is 0 Å². The first-order chi connectivity index (χ1) is 14.0. The van der Waals surface area contributed by atoms with E-state index < -0.39 is 6.04 Å². The Morgan fingerprint density at radius 3 is 2.66 bits per heavy atom. The molecule has 3 aromatic rings. The van der Waals surface area contributed by atoms with Crippen LogP contribution in [0.4, 0.5) is 5.69 Å². The average Bonchev–Trinajstić information content (AvgIpc) is 3.41. The molecule has 0 radical (unpaired) electrons. The molecule has 6 heteroatoms. The lowest BCUT2D eigenvalue weighted by Gasteiger charge is -2.14. The SMILES string of the molecule is CCCc1ccc(NC(=O)[C@@H](C)NC(=O)[C@H]2C[C@@H]2c2nc3ccccc3[nH]2)cc1. The average molecular weight is 390 g/mol. The van der Waals surface area contributed by atoms with Crippen LogP contribution in [0.25, 0.3) is 11.0 Å². The smallest absolute Gasteiger partial charge is 0.246 e. The van der Waals surface area contributed by atoms with Gasteiger partial charge in [0.2, 0.25) is 11.8 Å². The van der Waals surface area contributed by atoms with E-state index in [2.05, 4.69) is 27.5 Å². The van der Waals surface area contributed by atoms with E-state index in [1.54, 1.807) is 6.92 Å². The molecule has 6 nitrogen and oxygen atoms in total. The summed E-state index contributed by atoms with van der Waals surface area (Å²) in [6, 6.07) is 15.1. The fourth-order valence-electron chi connectivity index (χ4n) is 3.62. The van der Waals surface area contributed by atoms with Crippen LogP contribution in [0, 0.1) is 5.92 Å². The molecule has 1 fully saturated rings. The molecule has 0 unspecified atom stereocenters. The minimum absolute atomic E-state index is 0.0868. The van der Waals surface area contributed by atoms with Gasteiger partial charge in [-0.05, 0) is 49.6 Å². The molecule has 2 amide bonds. The number of aryl methyl sites for hydroxylation is 1. The number of nitrogens with one attached hydrogen (secondary N) is 3. The summed E-state index contributed by atoms with van der Waals surface area (Å²) >= 11 is 0. The fourth-order valence-corrected chi connectivity index (χ4v) is 3.62. The quantitative estimate of drug-likeness (QED) is 0.574. The topological polar surface area (TPSA) is 86.9 Å². The number of amides is 2. The number of para-hydroxylation sites is 2. The maximum Gasteiger partial charge on any atom is 0.246 e. The third-order valence-corrected chi connectivity index (χ3v) is 5.40. The Bertz CT molecular complexity index is 992. The van der Waals surface area contributed by atoms with Gasteiger partial charge in [-0.15, -0.1) is 0 Å². The predicted molar refractivity (Wildman–Crippen MR) is 114 cm³/mol. The maximum absolute atomic E-state index is 12.6. The lowest BCUT2D eigenvalue weighted by Crippen LogP contribution is -2.42. The van der Waals surface area contributed by atoms with Crippen LogP contribution in [0.1, 0.15) is 44.0 Å². The van der Waals surface area contributed by atoms with Gasteiger partial charge < -0.3 is 15.6 Å². The highest BCUT2D eigenvalue weighted by Gasteiger charge is 2.46. The molecule has 4 rings (SSSR count). The summed E-state index contributed by atoms with van der Waals surface area (Å²) in [6.07, 6.45) is 2.86. The van der Waals surface area contributed by atoms with Gasteiger partial charge >= 0.3 is 0 Å². The van der Waals surface area contributed by atoms with Crippen molar-refractivity contribution in [3.8, 4) is 0 Å². The van der Waals surface area contributed by atoms with E-state index in [1.165, 1.54) is 5.56 Å². The Morgan fingerprint density at radius 1 is 1.17 bits per heavy atom. The number of carbonyl (C=O) groups is 2. The second kappa shape index (κ2) is 8.07. The maximum atomic E-state index is 12.6. The van der Waals surface area contributed by atoms with Crippen LogP contribution < -0.4 is 10.6 Å². The van der Waals surface area contributed by atoms with Crippen molar-refractivity contribution in [2.45, 2.75) is 45.1 Å². The van der Waals surface area contributed by atoms with Crippen molar-refractivity contribution in [1.29, 1.82) is 0 Å². The monoisotopic (exact) mass is 390 g/mol. The lowest BCUT2D eigenvalue weighted by molar-refractivity contribution is -0.127. The van der Waals surface area contributed by atoms with Crippen molar-refractivity contribution in [2.75, 3.05) is 5.32 Å². The molecular formula is C23H26N4O2. The first-order valence-corrected chi connectivity index (χ1v) is 10.2. The molecule has 0 bridgehead atoms. The molecular weight excluding hydrogens is 364 g/mol. The van der Waals surface area contributed by atoms with Crippen LogP contribution in [0.15, 0.2) is 48.5 Å². The summed E-state index contributed by atoms with van der Waals surface area (Å²) in [5, 5.41) is 5.70. The molecule has 1 aliphatic carbocycles. The van der Waals surface area contributed by atoms with Gasteiger partial charge in [0, 0.05) is 17.5 Å². The summed E-state index contributed by atoms with van der Waals surface area (Å²) in [5.41, 5.74) is 3.87. The number of hydrogen-bond donors (Lipinski definition) is 3. The molecule has 1 aromatic heterocycles. The number of nitrogens with zero attached hydrogens (tertiary/aromatic N) is 1. The summed E-state index contributed by atoms with van der Waals surface area (Å²) in [7, 11) is 0. The van der Waals surface area contributed by atoms with Crippen LogP contribution in [-0.2, 0) is 16.0 Å². The van der Waals surface area contributed by atoms with Crippen molar-refractivity contribution in [3.05, 3.63) is 59.9 Å². The number of aromatic amines is 1. The van der Waals surface area contributed by atoms with E-state index in [-0.39, 0.29) is 23.7 Å². The number of carbonyl (C=O) groups excluding carboxylic acids is 2. The van der Waals surface area contributed by atoms with Gasteiger partial charge in [-0.2, -0.15) is 0 Å². The number of aromatic nitrogens is 2. The third kappa shape index (κ3) is 4.31. The summed E-state index contributed by atoms with van der Waals surface area (Å²) < 4.78 is 0. The highest BCUT2D eigenvalue weighted by atomic mass is 16.2. The van der Waals surface area contributed by atoms with Gasteiger partial charge in [-0.1, -0.05) is 37.6 Å². The molecule has 1 aliphatic rings. The van der Waals surface area contributed by atoms with Gasteiger partial charge in [0.1, 0.15) is 11.9 Å². The number of rotatable bonds is 7. The van der Waals surface area contributed by atoms with E-state index >= 15 is 0 Å². The van der Waals surface area contributed by atoms with Gasteiger partial charge in [0.05, 0.1) is 11.0 Å². The van der Waals surface area contributed by atoms with E-state index in [9.17, 15) is 9.59 Å². The Morgan fingerprint density at radius 2 is 1.93 bits per heavy atom. The van der Waals surface area contributed by atoms with Crippen molar-refractivity contribution in [2.24, 2.45) is 5.92 Å². The zero-order chi connectivity index (χ0) is 20.4. The van der Waals surface area contributed by atoms with Crippen LogP contribution in [0.2, 0.25) is 0 Å². The number of H-pyrrole nitrogens is 1. The summed E-state index contributed by atoms with van der Waals surface area (Å²) in [6.45, 7) is 3.84. The fraction of sp³-hybridized carbons (Fsp3) is 0.348. The zero-order valence-corrected chi connectivity index (χ0v) is 16.7. The van der Waals surface area contributed by atoms with Gasteiger partial charge in [0.25, 0.3) is 0 Å². The van der Waals surface area contributed by atoms with E-state index in [4.69, 9.17) is 0 Å². The molecule has 150 valence electrons. The molecule has 1 heterocycles. The van der Waals surface area contributed by atoms with Gasteiger partial charge in [0.15, 0.2) is 0 Å². The molecule has 3 atom stereocenters. The van der Waals surface area contributed by atoms with Crippen LogP contribution >= 0.6 is 0 Å². The lowest BCUT2D eigenvalue weighted by atomic mass is 10.1. The van der Waals surface area contributed by atoms with E-state index in [1.807, 2.05) is 48.5 Å². The molecule has 2 aromatic carbocycles. The van der Waals surface area contributed by atoms with Crippen molar-refractivity contribution < 1.29 is 9.59 Å². The highest BCUT2D eigenvalue weighted by molar-refractivity contribution is 5.97. The number of hydrogen-bond acceptors (Lipinski definition) is 3. The molecule has 0 aliphatic heterocycles. The molecule has 0 spiro atoms. The summed E-state index contributed by atoms with van der Waals surface area (Å²) in [5.74, 6) is 0.470. The van der Waals surface area contributed by atoms with Crippen molar-refractivity contribution in [1.82, 2.24) is 15.3 Å². The van der Waals surface area contributed by atoms with Crippen LogP contribution in [0.3, 0.4) is 0 Å². The van der Waals surface area contributed by atoms with Crippen LogP contribution in [-0.4, -0.2) is 27.8 Å². The van der Waals surface area contributed by atoms with Crippen LogP contribution in [0.5, 0.6) is 0 Å². The zero-order valence-electron chi connectivity index (χ0n) is 16.7. The van der Waals surface area contributed by atoms with Gasteiger partial charge in [-0.25, -0.2) is 4.98 Å². The normalized spacial score (nSPS) is 19.0. The number of anilines is 1. The Balaban J connectivity index is 1.30. The third-order valence-electron chi connectivity index (χ3n) is 5.40. The second-order valence-corrected chi connectivity index (χ2v) is 7.75. The molecule has 1 saturated carbocycles. The Labute approximate surface area is 170 Å². The Kier molecular flexibility index (Phi) is 5.34. The number of fused-ring (bicyclic) bond motifs is 1. The second-order valence-electron chi connectivity index (χ2n) is 7.75. The minimum Gasteiger partial charge on any atom is -0.344 e. The van der Waals surface area contributed by atoms with E-state index in [0.717, 1.165) is 41.8 Å². The molecule has 3 N–H and O–H groups in total. The molecule has 29 heavy (non-hydrogen) atoms. The number of benzene rings is 2. The highest BCUT2D eigenvalue weighted by Crippen LogP contribution is 2.46. The number of imidazole rings is 1. The Hall–Kier alpha value is -3.15. The van der Waals surface area contributed by atoms with E-state index in [0.29, 0.717) is 0 Å². The van der Waals surface area contributed by atoms with Crippen molar-refractivity contribution >= 4 is 28.5 Å². The largest absolute Gasteiger partial charge is 0.344 e. The minimum atomic E-state index is -0.602. The predicted octanol–water partition coefficient (Wildman–Crippen LogP) is 3.76. The van der Waals surface area contributed by atoms with Gasteiger partial charge in [-0.3, -0.25) is 9.59 Å². The first-order valence-electron chi connectivity index (χ1n) is 10.2. The molecule has 0 saturated heterocycles.